The number of hydrogen-bond donors (Lipinski definition) is 2. The van der Waals surface area contributed by atoms with Gasteiger partial charge in [0.05, 0.1) is 10.8 Å². The molecule has 0 amide bonds. The van der Waals surface area contributed by atoms with Crippen LogP contribution in [0.5, 0.6) is 0 Å². The van der Waals surface area contributed by atoms with Gasteiger partial charge in [0.25, 0.3) is 0 Å². The first kappa shape index (κ1) is 29.5. The number of nitrogens with zero attached hydrogens (tertiary/aromatic N) is 2. The van der Waals surface area contributed by atoms with E-state index in [-0.39, 0.29) is 5.69 Å². The number of nitriles is 1. The highest BCUT2D eigenvalue weighted by atomic mass is 32.2. The van der Waals surface area contributed by atoms with E-state index >= 15 is 0 Å². The predicted molar refractivity (Wildman–Crippen MR) is 142 cm³/mol. The zero-order chi connectivity index (χ0) is 26.9. The first-order valence-corrected chi connectivity index (χ1v) is 12.9. The molecule has 0 unspecified atom stereocenters. The lowest BCUT2D eigenvalue weighted by Crippen LogP contribution is -2.29. The third-order valence-corrected chi connectivity index (χ3v) is 7.15. The smallest absolute Gasteiger partial charge is 0.353 e. The number of allylic oxidation sites excluding steroid dienone is 4. The highest BCUT2D eigenvalue weighted by molar-refractivity contribution is 7.90. The average Bonchev–Trinajstić information content (AvgIpc) is 3.08. The number of aromatic carboxylic acids is 1. The minimum Gasteiger partial charge on any atom is -0.477 e. The van der Waals surface area contributed by atoms with Crippen LogP contribution in [0.25, 0.3) is 16.7 Å². The topological polar surface area (TPSA) is 112 Å². The lowest BCUT2D eigenvalue weighted by Gasteiger charge is -2.13. The monoisotopic (exact) mass is 497 g/mol. The number of nitrogens with one attached hydrogen (secondary N) is 1. The summed E-state index contributed by atoms with van der Waals surface area (Å²) in [6, 6.07) is 9.28. The Kier molecular flexibility index (Phi) is 10.7. The van der Waals surface area contributed by atoms with Crippen molar-refractivity contribution in [3.05, 3.63) is 77.3 Å². The molecule has 0 saturated heterocycles. The molecule has 35 heavy (non-hydrogen) atoms. The Balaban J connectivity index is 0.00000298. The first-order valence-electron chi connectivity index (χ1n) is 11.4. The van der Waals surface area contributed by atoms with Crippen molar-refractivity contribution in [2.75, 3.05) is 0 Å². The van der Waals surface area contributed by atoms with E-state index in [0.29, 0.717) is 34.5 Å². The summed E-state index contributed by atoms with van der Waals surface area (Å²) >= 11 is 0. The molecule has 0 atom stereocenters. The highest BCUT2D eigenvalue weighted by Crippen LogP contribution is 2.32. The summed E-state index contributed by atoms with van der Waals surface area (Å²) in [7, 11) is -1.88. The maximum Gasteiger partial charge on any atom is 0.353 e. The number of aromatic nitrogens is 1. The number of carboxylic acids is 1. The van der Waals surface area contributed by atoms with Gasteiger partial charge in [0.2, 0.25) is 10.0 Å². The number of benzene rings is 1. The van der Waals surface area contributed by atoms with Gasteiger partial charge in [-0.05, 0) is 56.9 Å². The van der Waals surface area contributed by atoms with Gasteiger partial charge in [-0.25, -0.2) is 13.2 Å². The SMILES string of the molecule is C=CCC=C(/C=C(\C)c1ccc(-c2c(C#N)c(C)n(C)c2C(=O)O)cc1)NS(=O)(=O)C(C)C.CC. The molecular weight excluding hydrogens is 462 g/mol. The van der Waals surface area contributed by atoms with Gasteiger partial charge < -0.3 is 9.67 Å². The zero-order valence-electron chi connectivity index (χ0n) is 21.5. The van der Waals surface area contributed by atoms with Crippen LogP contribution in [0.2, 0.25) is 0 Å². The first-order chi connectivity index (χ1) is 16.4. The van der Waals surface area contributed by atoms with Gasteiger partial charge in [-0.3, -0.25) is 4.72 Å². The van der Waals surface area contributed by atoms with Gasteiger partial charge in [-0.1, -0.05) is 50.3 Å². The summed E-state index contributed by atoms with van der Waals surface area (Å²) in [5, 5.41) is 18.7. The van der Waals surface area contributed by atoms with Crippen LogP contribution in [0.1, 0.15) is 68.3 Å². The third-order valence-electron chi connectivity index (χ3n) is 5.39. The van der Waals surface area contributed by atoms with Crippen LogP contribution in [-0.4, -0.2) is 29.3 Å². The van der Waals surface area contributed by atoms with Gasteiger partial charge in [-0.2, -0.15) is 5.26 Å². The third kappa shape index (κ3) is 6.96. The average molecular weight is 498 g/mol. The van der Waals surface area contributed by atoms with E-state index in [1.54, 1.807) is 58.2 Å². The van der Waals surface area contributed by atoms with Crippen LogP contribution in [0.15, 0.2) is 54.8 Å². The maximum atomic E-state index is 12.3. The molecule has 0 bridgehead atoms. The van der Waals surface area contributed by atoms with Gasteiger partial charge in [-0.15, -0.1) is 6.58 Å². The molecule has 2 N–H and O–H groups in total. The molecule has 7 nitrogen and oxygen atoms in total. The van der Waals surface area contributed by atoms with E-state index in [1.165, 1.54) is 4.57 Å². The number of sulfonamides is 1. The Morgan fingerprint density at radius 1 is 1.26 bits per heavy atom. The summed E-state index contributed by atoms with van der Waals surface area (Å²) in [5.41, 5.74) is 4.06. The largest absolute Gasteiger partial charge is 0.477 e. The zero-order valence-corrected chi connectivity index (χ0v) is 22.3. The van der Waals surface area contributed by atoms with E-state index in [4.69, 9.17) is 0 Å². The fourth-order valence-corrected chi connectivity index (χ4v) is 4.02. The van der Waals surface area contributed by atoms with Gasteiger partial charge in [0, 0.05) is 24.0 Å². The fourth-order valence-electron chi connectivity index (χ4n) is 3.31. The summed E-state index contributed by atoms with van der Waals surface area (Å²) < 4.78 is 28.8. The standard InChI is InChI=1S/C25H29N3O4S.C2H6/c1-7-8-9-21(27-33(31,32)16(2)3)14-17(4)19-10-12-20(13-11-19)23-22(15-26)18(5)28(6)24(23)25(29)30;1-2/h7,9-14,16,27H,1,8H2,2-6H3,(H,29,30);1-2H3/b17-14+,21-9?;. The molecule has 1 aromatic carbocycles. The van der Waals surface area contributed by atoms with Crippen LogP contribution in [-0.2, 0) is 17.1 Å². The molecule has 0 spiro atoms. The van der Waals surface area contributed by atoms with E-state index in [9.17, 15) is 23.6 Å². The Labute approximate surface area is 209 Å². The molecule has 1 heterocycles. The molecule has 0 radical (unpaired) electrons. The van der Waals surface area contributed by atoms with E-state index in [2.05, 4.69) is 17.4 Å². The van der Waals surface area contributed by atoms with Gasteiger partial charge >= 0.3 is 5.97 Å². The van der Waals surface area contributed by atoms with Gasteiger partial charge in [0.15, 0.2) is 0 Å². The number of carboxylic acid groups (broad SMARTS) is 1. The van der Waals surface area contributed by atoms with Crippen molar-refractivity contribution in [2.24, 2.45) is 7.05 Å². The van der Waals surface area contributed by atoms with Crippen LogP contribution in [0.4, 0.5) is 0 Å². The molecule has 0 aliphatic carbocycles. The van der Waals surface area contributed by atoms with Crippen LogP contribution in [0.3, 0.4) is 0 Å². The lowest BCUT2D eigenvalue weighted by molar-refractivity contribution is 0.0687. The maximum absolute atomic E-state index is 12.3. The second-order valence-corrected chi connectivity index (χ2v) is 10.2. The molecule has 0 aliphatic heterocycles. The van der Waals surface area contributed by atoms with Crippen molar-refractivity contribution in [3.63, 3.8) is 0 Å². The molecule has 8 heteroatoms. The minimum absolute atomic E-state index is 0.0572. The fraction of sp³-hybridized carbons (Fsp3) is 0.333. The van der Waals surface area contributed by atoms with Crippen molar-refractivity contribution in [2.45, 2.75) is 53.2 Å². The number of hydrogen-bond acceptors (Lipinski definition) is 4. The molecule has 188 valence electrons. The Morgan fingerprint density at radius 3 is 2.29 bits per heavy atom. The van der Waals surface area contributed by atoms with E-state index < -0.39 is 21.2 Å². The Hall–Kier alpha value is -3.57. The molecule has 0 fully saturated rings. The molecular formula is C27H35N3O4S. The molecule has 2 aromatic rings. The minimum atomic E-state index is -3.51. The van der Waals surface area contributed by atoms with Crippen molar-refractivity contribution in [1.29, 1.82) is 5.26 Å². The van der Waals surface area contributed by atoms with Crippen LogP contribution >= 0.6 is 0 Å². The van der Waals surface area contributed by atoms with Crippen molar-refractivity contribution in [3.8, 4) is 17.2 Å². The van der Waals surface area contributed by atoms with Gasteiger partial charge in [0.1, 0.15) is 11.8 Å². The normalized spacial score (nSPS) is 12.0. The van der Waals surface area contributed by atoms with E-state index in [0.717, 1.165) is 11.1 Å². The Morgan fingerprint density at radius 2 is 1.83 bits per heavy atom. The predicted octanol–water partition coefficient (Wildman–Crippen LogP) is 5.79. The van der Waals surface area contributed by atoms with Crippen molar-refractivity contribution < 1.29 is 18.3 Å². The number of rotatable bonds is 9. The molecule has 0 saturated carbocycles. The molecule has 0 aliphatic rings. The highest BCUT2D eigenvalue weighted by Gasteiger charge is 2.24. The van der Waals surface area contributed by atoms with E-state index in [1.807, 2.05) is 32.9 Å². The second kappa shape index (κ2) is 12.8. The summed E-state index contributed by atoms with van der Waals surface area (Å²) in [6.07, 6.45) is 5.67. The summed E-state index contributed by atoms with van der Waals surface area (Å²) in [4.78, 5) is 11.8. The second-order valence-electron chi connectivity index (χ2n) is 7.94. The van der Waals surface area contributed by atoms with Crippen LogP contribution in [0, 0.1) is 18.3 Å². The van der Waals surface area contributed by atoms with Crippen LogP contribution < -0.4 is 4.72 Å². The lowest BCUT2D eigenvalue weighted by atomic mass is 9.97. The summed E-state index contributed by atoms with van der Waals surface area (Å²) in [6.45, 7) is 14.5. The van der Waals surface area contributed by atoms with Crippen molar-refractivity contribution in [1.82, 2.24) is 9.29 Å². The number of carbonyl (C=O) groups is 1. The summed E-state index contributed by atoms with van der Waals surface area (Å²) in [5.74, 6) is -1.10. The molecule has 1 aromatic heterocycles. The molecule has 2 rings (SSSR count). The Bertz CT molecular complexity index is 1270. The van der Waals surface area contributed by atoms with Crippen molar-refractivity contribution >= 4 is 21.6 Å². The quantitative estimate of drug-likeness (QED) is 0.336.